The van der Waals surface area contributed by atoms with Crippen LogP contribution in [0.15, 0.2) is 35.3 Å². The minimum Gasteiger partial charge on any atom is -0.481 e. The first-order valence-corrected chi connectivity index (χ1v) is 15.8. The summed E-state index contributed by atoms with van der Waals surface area (Å²) < 4.78 is 132. The molecule has 0 unspecified atom stereocenters. The number of carbonyl (C=O) groups is 2. The van der Waals surface area contributed by atoms with Gasteiger partial charge >= 0.3 is 18.3 Å². The predicted octanol–water partition coefficient (Wildman–Crippen LogP) is 8.00. The lowest BCUT2D eigenvalue weighted by Gasteiger charge is -2.28. The number of nitrogens with zero attached hydrogens (tertiary/aromatic N) is 2. The zero-order valence-corrected chi connectivity index (χ0v) is 28.6. The summed E-state index contributed by atoms with van der Waals surface area (Å²) in [5.74, 6) is -8.19. The average molecular weight is 736 g/mol. The number of aromatic nitrogens is 1. The number of alkyl halides is 6. The number of benzene rings is 2. The molecule has 0 aliphatic carbocycles. The lowest BCUT2D eigenvalue weighted by molar-refractivity contribution is -0.140. The van der Waals surface area contributed by atoms with Crippen molar-refractivity contribution in [3.05, 3.63) is 91.6 Å². The molecule has 3 aromatic rings. The van der Waals surface area contributed by atoms with E-state index >= 15 is 8.78 Å². The maximum absolute atomic E-state index is 16.5. The van der Waals surface area contributed by atoms with E-state index in [1.165, 1.54) is 6.92 Å². The second-order valence-electron chi connectivity index (χ2n) is 13.0. The number of hydrogen-bond donors (Lipinski definition) is 2. The number of carbonyl (C=O) groups excluding carboxylic acids is 1. The number of pyridine rings is 1. The normalized spacial score (nSPS) is 13.5. The number of halogens is 9. The Hall–Kier alpha value is -4.34. The van der Waals surface area contributed by atoms with Crippen molar-refractivity contribution < 1.29 is 54.2 Å². The van der Waals surface area contributed by atoms with Gasteiger partial charge in [-0.3, -0.25) is 14.4 Å². The second-order valence-corrected chi connectivity index (χ2v) is 13.0. The van der Waals surface area contributed by atoms with Crippen molar-refractivity contribution in [2.45, 2.75) is 77.8 Å². The summed E-state index contributed by atoms with van der Waals surface area (Å²) in [7, 11) is 3.40. The van der Waals surface area contributed by atoms with Crippen LogP contribution in [0.3, 0.4) is 0 Å². The van der Waals surface area contributed by atoms with Crippen LogP contribution in [-0.2, 0) is 28.4 Å². The summed E-state index contributed by atoms with van der Waals surface area (Å²) in [6.45, 7) is 5.60. The van der Waals surface area contributed by atoms with Crippen LogP contribution < -0.4 is 10.9 Å². The minimum atomic E-state index is -5.45. The molecule has 1 amide bonds. The lowest BCUT2D eigenvalue weighted by atomic mass is 9.87. The molecule has 2 N–H and O–H groups in total. The van der Waals surface area contributed by atoms with Gasteiger partial charge in [0.15, 0.2) is 0 Å². The van der Waals surface area contributed by atoms with E-state index in [-0.39, 0.29) is 36.0 Å². The van der Waals surface area contributed by atoms with E-state index < -0.39 is 99.5 Å². The molecule has 0 spiro atoms. The van der Waals surface area contributed by atoms with Crippen LogP contribution in [0.1, 0.15) is 78.6 Å². The highest BCUT2D eigenvalue weighted by Crippen LogP contribution is 2.44. The Morgan fingerprint density at radius 2 is 1.59 bits per heavy atom. The summed E-state index contributed by atoms with van der Waals surface area (Å²) in [6.07, 6.45) is -11.1. The van der Waals surface area contributed by atoms with Crippen molar-refractivity contribution >= 4 is 11.9 Å². The van der Waals surface area contributed by atoms with Gasteiger partial charge in [-0.1, -0.05) is 19.9 Å². The largest absolute Gasteiger partial charge is 0.481 e. The minimum absolute atomic E-state index is 0.0402. The van der Waals surface area contributed by atoms with Gasteiger partial charge in [0.05, 0.1) is 23.6 Å². The summed E-state index contributed by atoms with van der Waals surface area (Å²) in [4.78, 5) is 40.7. The molecule has 0 fully saturated rings. The molecule has 280 valence electrons. The summed E-state index contributed by atoms with van der Waals surface area (Å²) in [5.41, 5.74) is -8.31. The Bertz CT molecular complexity index is 1830. The van der Waals surface area contributed by atoms with Crippen LogP contribution in [0, 0.1) is 37.2 Å². The van der Waals surface area contributed by atoms with Crippen LogP contribution in [0.4, 0.5) is 39.5 Å². The van der Waals surface area contributed by atoms with Crippen molar-refractivity contribution in [3.8, 4) is 11.1 Å². The molecule has 0 saturated heterocycles. The van der Waals surface area contributed by atoms with Gasteiger partial charge in [0.1, 0.15) is 23.5 Å². The molecule has 0 radical (unpaired) electrons. The third kappa shape index (κ3) is 9.71. The number of amides is 1. The first-order valence-electron chi connectivity index (χ1n) is 15.8. The van der Waals surface area contributed by atoms with Crippen LogP contribution in [0.25, 0.3) is 11.1 Å². The number of carboxylic acid groups (broad SMARTS) is 1. The molecule has 51 heavy (non-hydrogen) atoms. The molecular formula is C35H38F9N3O4. The molecule has 16 heteroatoms. The van der Waals surface area contributed by atoms with Crippen molar-refractivity contribution in [2.24, 2.45) is 5.92 Å². The fourth-order valence-corrected chi connectivity index (χ4v) is 6.04. The van der Waals surface area contributed by atoms with Crippen molar-refractivity contribution in [1.82, 2.24) is 14.8 Å². The fourth-order valence-electron chi connectivity index (χ4n) is 6.04. The first-order chi connectivity index (χ1) is 23.4. The fraction of sp³-hybridized carbons (Fsp3) is 0.457. The van der Waals surface area contributed by atoms with E-state index in [4.69, 9.17) is 0 Å². The standard InChI is InChI=1S/C35H38F9N3O4/c1-17(2)12-25(47-16-20(8-7-11-46(5)6)23(14-26(47)48)34(39,40)41)33(51)45-24(15-27(49)50)29-31(37)28(22-10-9-21(36)13-18(22)3)19(4)30(32(29)38)35(42,43)44/h9-10,13-14,16-17,24-25H,7-8,11-12,15H2,1-6H3,(H,45,51)(H,49,50)/t24-,25-/m0/s1. The number of aliphatic carboxylic acids is 1. The van der Waals surface area contributed by atoms with E-state index in [1.807, 2.05) is 0 Å². The van der Waals surface area contributed by atoms with Crippen LogP contribution in [0.5, 0.6) is 0 Å². The Labute approximate surface area is 288 Å². The van der Waals surface area contributed by atoms with Gasteiger partial charge < -0.3 is 19.9 Å². The Morgan fingerprint density at radius 1 is 0.961 bits per heavy atom. The molecule has 7 nitrogen and oxygen atoms in total. The van der Waals surface area contributed by atoms with E-state index in [2.05, 4.69) is 5.32 Å². The molecule has 2 atom stereocenters. The molecular weight excluding hydrogens is 697 g/mol. The highest BCUT2D eigenvalue weighted by molar-refractivity contribution is 5.82. The Morgan fingerprint density at radius 3 is 2.10 bits per heavy atom. The Kier molecular flexibility index (Phi) is 12.8. The number of aryl methyl sites for hydroxylation is 2. The lowest BCUT2D eigenvalue weighted by Crippen LogP contribution is -2.41. The number of nitrogens with one attached hydrogen (secondary N) is 1. The van der Waals surface area contributed by atoms with Gasteiger partial charge in [0.2, 0.25) is 5.91 Å². The van der Waals surface area contributed by atoms with Crippen molar-refractivity contribution in [1.29, 1.82) is 0 Å². The topological polar surface area (TPSA) is 91.6 Å². The summed E-state index contributed by atoms with van der Waals surface area (Å²) >= 11 is 0. The highest BCUT2D eigenvalue weighted by Gasteiger charge is 2.42. The number of carboxylic acids is 1. The monoisotopic (exact) mass is 735 g/mol. The molecule has 0 aliphatic heterocycles. The zero-order valence-electron chi connectivity index (χ0n) is 28.6. The number of rotatable bonds is 13. The van der Waals surface area contributed by atoms with E-state index in [0.29, 0.717) is 17.2 Å². The molecule has 0 aliphatic rings. The van der Waals surface area contributed by atoms with Gasteiger partial charge in [0, 0.05) is 23.4 Å². The molecule has 1 aromatic heterocycles. The van der Waals surface area contributed by atoms with Crippen molar-refractivity contribution in [3.63, 3.8) is 0 Å². The van der Waals surface area contributed by atoms with Crippen LogP contribution in [-0.4, -0.2) is 47.1 Å². The third-order valence-corrected chi connectivity index (χ3v) is 8.30. The maximum Gasteiger partial charge on any atom is 0.419 e. The SMILES string of the molecule is Cc1cc(F)ccc1-c1c(C)c(C(F)(F)F)c(F)c([C@H](CC(=O)O)NC(=O)[C@H](CC(C)C)n2cc(CCCN(C)C)c(C(F)(F)F)cc2=O)c1F. The molecule has 0 bridgehead atoms. The average Bonchev–Trinajstić information content (AvgIpc) is 2.95. The van der Waals surface area contributed by atoms with E-state index in [0.717, 1.165) is 31.3 Å². The smallest absolute Gasteiger partial charge is 0.419 e. The summed E-state index contributed by atoms with van der Waals surface area (Å²) in [5, 5.41) is 11.8. The zero-order chi connectivity index (χ0) is 38.7. The van der Waals surface area contributed by atoms with E-state index in [9.17, 15) is 50.2 Å². The summed E-state index contributed by atoms with van der Waals surface area (Å²) in [6, 6.07) is -0.979. The predicted molar refractivity (Wildman–Crippen MR) is 170 cm³/mol. The molecule has 2 aromatic carbocycles. The second kappa shape index (κ2) is 15.9. The quantitative estimate of drug-likeness (QED) is 0.174. The molecule has 1 heterocycles. The van der Waals surface area contributed by atoms with Gasteiger partial charge in [-0.05, 0) is 94.1 Å². The third-order valence-electron chi connectivity index (χ3n) is 8.30. The molecule has 0 saturated carbocycles. The first kappa shape index (κ1) is 41.1. The Balaban J connectivity index is 2.28. The molecule has 3 rings (SSSR count). The maximum atomic E-state index is 16.5. The number of hydrogen-bond acceptors (Lipinski definition) is 4. The highest BCUT2D eigenvalue weighted by atomic mass is 19.4. The van der Waals surface area contributed by atoms with Gasteiger partial charge in [0.25, 0.3) is 5.56 Å². The van der Waals surface area contributed by atoms with E-state index in [1.54, 1.807) is 32.8 Å². The van der Waals surface area contributed by atoms with Gasteiger partial charge in [-0.2, -0.15) is 26.3 Å². The van der Waals surface area contributed by atoms with Crippen LogP contribution >= 0.6 is 0 Å². The van der Waals surface area contributed by atoms with Gasteiger partial charge in [-0.25, -0.2) is 13.2 Å². The van der Waals surface area contributed by atoms with Crippen molar-refractivity contribution in [2.75, 3.05) is 20.6 Å². The van der Waals surface area contributed by atoms with Crippen LogP contribution in [0.2, 0.25) is 0 Å². The van der Waals surface area contributed by atoms with Gasteiger partial charge in [-0.15, -0.1) is 0 Å².